The van der Waals surface area contributed by atoms with Crippen molar-refractivity contribution in [1.29, 1.82) is 0 Å². The van der Waals surface area contributed by atoms with E-state index < -0.39 is 18.0 Å². The third kappa shape index (κ3) is 6.25. The van der Waals surface area contributed by atoms with Crippen LogP contribution in [-0.4, -0.2) is 19.2 Å². The Morgan fingerprint density at radius 1 is 0.625 bits per heavy atom. The first-order chi connectivity index (χ1) is 11.4. The number of rotatable bonds is 3. The Morgan fingerprint density at radius 3 is 1.04 bits per heavy atom. The minimum atomic E-state index is -3.67. The lowest BCUT2D eigenvalue weighted by atomic mass is 10.4. The van der Waals surface area contributed by atoms with Crippen molar-refractivity contribution in [1.82, 2.24) is 0 Å². The van der Waals surface area contributed by atoms with Gasteiger partial charge in [-0.05, 0) is 23.8 Å². The van der Waals surface area contributed by atoms with Crippen LogP contribution in [0.4, 0.5) is 0 Å². The van der Waals surface area contributed by atoms with Gasteiger partial charge in [-0.25, -0.2) is 0 Å². The van der Waals surface area contributed by atoms with Gasteiger partial charge >= 0.3 is 0 Å². The summed E-state index contributed by atoms with van der Waals surface area (Å²) in [4.78, 5) is 0. The second-order valence-corrected chi connectivity index (χ2v) is 8.76. The number of benzene rings is 3. The second kappa shape index (κ2) is 8.74. The molecule has 0 bridgehead atoms. The van der Waals surface area contributed by atoms with Crippen LogP contribution in [0.5, 0.6) is 0 Å². The molecule has 1 N–H and O–H groups in total. The SMILES string of the molecule is CS(=O)(=O)O.c1ccc(P(c2ccccc2)c2ccccc2)cc1. The van der Waals surface area contributed by atoms with Crippen LogP contribution in [0.1, 0.15) is 0 Å². The predicted molar refractivity (Wildman–Crippen MR) is 103 cm³/mol. The molecule has 0 aliphatic heterocycles. The van der Waals surface area contributed by atoms with E-state index >= 15 is 0 Å². The van der Waals surface area contributed by atoms with Crippen molar-refractivity contribution in [2.24, 2.45) is 0 Å². The topological polar surface area (TPSA) is 54.4 Å². The summed E-state index contributed by atoms with van der Waals surface area (Å²) in [5.41, 5.74) is 0. The predicted octanol–water partition coefficient (Wildman–Crippen LogP) is 2.95. The molecule has 0 aliphatic carbocycles. The molecule has 3 aromatic carbocycles. The van der Waals surface area contributed by atoms with Crippen LogP contribution in [0.3, 0.4) is 0 Å². The zero-order valence-electron chi connectivity index (χ0n) is 13.3. The molecule has 5 heteroatoms. The van der Waals surface area contributed by atoms with Crippen LogP contribution in [0.2, 0.25) is 0 Å². The smallest absolute Gasteiger partial charge is 0.261 e. The standard InChI is InChI=1S/C18H15P.CH4O3S/c1-4-10-16(11-5-1)19(17-12-6-2-7-13-17)18-14-8-3-9-15-18;1-5(2,3)4/h1-15H;1H3,(H,2,3,4). The van der Waals surface area contributed by atoms with E-state index in [1.165, 1.54) is 15.9 Å². The first-order valence-electron chi connectivity index (χ1n) is 7.33. The molecule has 3 rings (SSSR count). The van der Waals surface area contributed by atoms with Crippen molar-refractivity contribution in [2.75, 3.05) is 6.26 Å². The molecule has 0 amide bonds. The Kier molecular flexibility index (Phi) is 6.68. The molecule has 124 valence electrons. The molecule has 0 aromatic heterocycles. The first-order valence-corrected chi connectivity index (χ1v) is 10.5. The monoisotopic (exact) mass is 358 g/mol. The van der Waals surface area contributed by atoms with Crippen LogP contribution in [0, 0.1) is 0 Å². The largest absolute Gasteiger partial charge is 0.286 e. The molecule has 0 heterocycles. The lowest BCUT2D eigenvalue weighted by Crippen LogP contribution is -2.20. The third-order valence-corrected chi connectivity index (χ3v) is 5.49. The normalized spacial score (nSPS) is 10.8. The Labute approximate surface area is 144 Å². The fourth-order valence-electron chi connectivity index (χ4n) is 2.18. The van der Waals surface area contributed by atoms with Gasteiger partial charge < -0.3 is 0 Å². The number of hydrogen-bond acceptors (Lipinski definition) is 2. The van der Waals surface area contributed by atoms with Crippen LogP contribution in [0.15, 0.2) is 91.0 Å². The van der Waals surface area contributed by atoms with Gasteiger partial charge in [0.25, 0.3) is 10.1 Å². The van der Waals surface area contributed by atoms with Gasteiger partial charge in [0, 0.05) is 0 Å². The average molecular weight is 358 g/mol. The molecule has 0 unspecified atom stereocenters. The number of hydrogen-bond donors (Lipinski definition) is 1. The van der Waals surface area contributed by atoms with Crippen molar-refractivity contribution in [3.63, 3.8) is 0 Å². The van der Waals surface area contributed by atoms with Crippen LogP contribution in [0.25, 0.3) is 0 Å². The molecule has 0 radical (unpaired) electrons. The van der Waals surface area contributed by atoms with Crippen LogP contribution < -0.4 is 15.9 Å². The zero-order chi connectivity index (χ0) is 17.4. The summed E-state index contributed by atoms with van der Waals surface area (Å²) in [6.07, 6.45) is 0.715. The van der Waals surface area contributed by atoms with Gasteiger partial charge in [-0.3, -0.25) is 4.55 Å². The van der Waals surface area contributed by atoms with Crippen molar-refractivity contribution in [3.8, 4) is 0 Å². The maximum atomic E-state index is 9.19. The zero-order valence-corrected chi connectivity index (χ0v) is 15.0. The molecule has 3 aromatic rings. The van der Waals surface area contributed by atoms with Crippen LogP contribution in [-0.2, 0) is 10.1 Å². The summed E-state index contributed by atoms with van der Waals surface area (Å²) in [7, 11) is -4.11. The molecule has 0 aliphatic rings. The Hall–Kier alpha value is -2.00. The summed E-state index contributed by atoms with van der Waals surface area (Å²) >= 11 is 0. The summed E-state index contributed by atoms with van der Waals surface area (Å²) in [5, 5.41) is 4.19. The highest BCUT2D eigenvalue weighted by Gasteiger charge is 2.14. The van der Waals surface area contributed by atoms with Crippen molar-refractivity contribution < 1.29 is 13.0 Å². The van der Waals surface area contributed by atoms with E-state index in [2.05, 4.69) is 91.0 Å². The molecule has 0 atom stereocenters. The van der Waals surface area contributed by atoms with Gasteiger partial charge in [0.2, 0.25) is 0 Å². The van der Waals surface area contributed by atoms with E-state index in [1.54, 1.807) is 0 Å². The van der Waals surface area contributed by atoms with Gasteiger partial charge in [0.05, 0.1) is 6.26 Å². The molecule has 3 nitrogen and oxygen atoms in total. The molecule has 0 spiro atoms. The molecule has 0 saturated heterocycles. The average Bonchev–Trinajstić information content (AvgIpc) is 2.57. The van der Waals surface area contributed by atoms with Crippen LogP contribution >= 0.6 is 7.92 Å². The van der Waals surface area contributed by atoms with Crippen molar-refractivity contribution in [2.45, 2.75) is 0 Å². The van der Waals surface area contributed by atoms with Crippen molar-refractivity contribution >= 4 is 34.0 Å². The maximum absolute atomic E-state index is 9.19. The first kappa shape index (κ1) is 18.3. The van der Waals surface area contributed by atoms with E-state index in [-0.39, 0.29) is 0 Å². The van der Waals surface area contributed by atoms with E-state index in [1.807, 2.05) is 0 Å². The van der Waals surface area contributed by atoms with Gasteiger partial charge in [-0.1, -0.05) is 91.0 Å². The van der Waals surface area contributed by atoms with E-state index in [9.17, 15) is 8.42 Å². The van der Waals surface area contributed by atoms with E-state index in [4.69, 9.17) is 4.55 Å². The van der Waals surface area contributed by atoms with Gasteiger partial charge in [0.1, 0.15) is 0 Å². The Balaban J connectivity index is 0.000000368. The molecule has 0 saturated carbocycles. The van der Waals surface area contributed by atoms with Gasteiger partial charge in [-0.2, -0.15) is 8.42 Å². The Morgan fingerprint density at radius 2 is 0.833 bits per heavy atom. The third-order valence-electron chi connectivity index (χ3n) is 3.04. The maximum Gasteiger partial charge on any atom is 0.261 e. The molecule has 0 fully saturated rings. The lowest BCUT2D eigenvalue weighted by Gasteiger charge is -2.18. The second-order valence-electron chi connectivity index (χ2n) is 5.08. The minimum Gasteiger partial charge on any atom is -0.286 e. The van der Waals surface area contributed by atoms with E-state index in [0.29, 0.717) is 6.26 Å². The quantitative estimate of drug-likeness (QED) is 0.579. The fraction of sp³-hybridized carbons (Fsp3) is 0.0526. The van der Waals surface area contributed by atoms with Gasteiger partial charge in [0.15, 0.2) is 0 Å². The minimum absolute atomic E-state index is 0.446. The summed E-state index contributed by atoms with van der Waals surface area (Å²) < 4.78 is 25.9. The molecular weight excluding hydrogens is 339 g/mol. The summed E-state index contributed by atoms with van der Waals surface area (Å²) in [6, 6.07) is 32.3. The molecule has 24 heavy (non-hydrogen) atoms. The Bertz CT molecular complexity index is 734. The highest BCUT2D eigenvalue weighted by atomic mass is 32.2. The highest BCUT2D eigenvalue weighted by Crippen LogP contribution is 2.32. The summed E-state index contributed by atoms with van der Waals surface area (Å²) in [6.45, 7) is 0. The fourth-order valence-corrected chi connectivity index (χ4v) is 4.48. The summed E-state index contributed by atoms with van der Waals surface area (Å²) in [5.74, 6) is 0. The van der Waals surface area contributed by atoms with Crippen molar-refractivity contribution in [3.05, 3.63) is 91.0 Å². The molecular formula is C19H19O3PS. The van der Waals surface area contributed by atoms with Gasteiger partial charge in [-0.15, -0.1) is 0 Å². The van der Waals surface area contributed by atoms with E-state index in [0.717, 1.165) is 0 Å². The lowest BCUT2D eigenvalue weighted by molar-refractivity contribution is 0.490. The highest BCUT2D eigenvalue weighted by molar-refractivity contribution is 7.85.